The van der Waals surface area contributed by atoms with E-state index in [1.807, 2.05) is 30.4 Å². The van der Waals surface area contributed by atoms with E-state index in [4.69, 9.17) is 4.74 Å². The lowest BCUT2D eigenvalue weighted by atomic mass is 9.53. The largest absolute Gasteiger partial charge is 0.443 e. The molecule has 6 nitrogen and oxygen atoms in total. The van der Waals surface area contributed by atoms with Crippen LogP contribution in [0.5, 0.6) is 0 Å². The Labute approximate surface area is 218 Å². The van der Waals surface area contributed by atoms with Crippen molar-refractivity contribution in [2.75, 3.05) is 4.90 Å². The number of ketones is 1. The van der Waals surface area contributed by atoms with Gasteiger partial charge in [-0.05, 0) is 44.7 Å². The molecule has 1 aliphatic heterocycles. The van der Waals surface area contributed by atoms with Crippen LogP contribution in [0.1, 0.15) is 69.3 Å². The number of hydrogen-bond donors (Lipinski definition) is 0. The fraction of sp³-hybridized carbons (Fsp3) is 0.419. The molecule has 0 fully saturated rings. The minimum Gasteiger partial charge on any atom is -0.443 e. The first kappa shape index (κ1) is 26.5. The Morgan fingerprint density at radius 1 is 1.03 bits per heavy atom. The highest BCUT2D eigenvalue weighted by Gasteiger charge is 2.64. The molecular weight excluding hydrogens is 466 g/mol. The summed E-state index contributed by atoms with van der Waals surface area (Å²) in [4.78, 5) is 55.4. The van der Waals surface area contributed by atoms with Gasteiger partial charge < -0.3 is 9.53 Å². The zero-order valence-corrected chi connectivity index (χ0v) is 22.0. The van der Waals surface area contributed by atoms with Crippen molar-refractivity contribution in [3.63, 3.8) is 0 Å². The lowest BCUT2D eigenvalue weighted by molar-refractivity contribution is -0.127. The molecule has 2 aliphatic rings. The van der Waals surface area contributed by atoms with Gasteiger partial charge in [-0.25, -0.2) is 9.69 Å². The summed E-state index contributed by atoms with van der Waals surface area (Å²) in [5.74, 6) is -2.25. The van der Waals surface area contributed by atoms with Gasteiger partial charge in [0.05, 0.1) is 11.1 Å². The smallest absolute Gasteiger partial charge is 0.421 e. The number of benzene rings is 2. The van der Waals surface area contributed by atoms with E-state index in [1.54, 1.807) is 57.2 Å². The lowest BCUT2D eigenvalue weighted by Gasteiger charge is -2.46. The van der Waals surface area contributed by atoms with E-state index in [-0.39, 0.29) is 18.1 Å². The van der Waals surface area contributed by atoms with Crippen molar-refractivity contribution in [1.29, 1.82) is 0 Å². The minimum atomic E-state index is -1.41. The molecule has 0 saturated carbocycles. The molecule has 0 N–H and O–H groups in total. The number of hydrogen-bond acceptors (Lipinski definition) is 5. The lowest BCUT2D eigenvalue weighted by Crippen LogP contribution is -2.57. The summed E-state index contributed by atoms with van der Waals surface area (Å²) < 4.78 is 5.64. The van der Waals surface area contributed by atoms with Crippen LogP contribution in [-0.2, 0) is 19.7 Å². The molecule has 1 heterocycles. The van der Waals surface area contributed by atoms with Gasteiger partial charge in [0.1, 0.15) is 11.9 Å². The molecule has 0 saturated heterocycles. The van der Waals surface area contributed by atoms with Crippen molar-refractivity contribution >= 4 is 29.8 Å². The van der Waals surface area contributed by atoms with Crippen molar-refractivity contribution in [1.82, 2.24) is 0 Å². The number of amides is 2. The first-order chi connectivity index (χ1) is 17.7. The molecule has 2 aromatic rings. The highest BCUT2D eigenvalue weighted by atomic mass is 16.6. The normalized spacial score (nSPS) is 24.7. The molecular formula is C31H35NO5. The monoisotopic (exact) mass is 501 g/mol. The highest BCUT2D eigenvalue weighted by Crippen LogP contribution is 2.57. The number of aldehydes is 1. The predicted octanol–water partition coefficient (Wildman–Crippen LogP) is 6.29. The molecule has 0 aromatic heterocycles. The number of nitrogens with zero attached hydrogens (tertiary/aromatic N) is 1. The number of carbonyl (C=O) groups excluding carboxylic acids is 4. The van der Waals surface area contributed by atoms with Crippen LogP contribution in [0.25, 0.3) is 0 Å². The Morgan fingerprint density at radius 3 is 2.35 bits per heavy atom. The van der Waals surface area contributed by atoms with Crippen LogP contribution in [0.2, 0.25) is 0 Å². The molecule has 2 amide bonds. The van der Waals surface area contributed by atoms with Crippen LogP contribution in [0.4, 0.5) is 10.5 Å². The van der Waals surface area contributed by atoms with Gasteiger partial charge in [-0.2, -0.15) is 0 Å². The maximum absolute atomic E-state index is 14.6. The van der Waals surface area contributed by atoms with Crippen molar-refractivity contribution < 1.29 is 23.9 Å². The van der Waals surface area contributed by atoms with E-state index < -0.39 is 34.9 Å². The maximum atomic E-state index is 14.6. The number of para-hydroxylation sites is 1. The second kappa shape index (κ2) is 10.4. The Morgan fingerprint density at radius 2 is 1.70 bits per heavy atom. The van der Waals surface area contributed by atoms with Gasteiger partial charge >= 0.3 is 6.09 Å². The van der Waals surface area contributed by atoms with E-state index in [2.05, 4.69) is 6.92 Å². The molecule has 6 heteroatoms. The minimum absolute atomic E-state index is 0.0534. The van der Waals surface area contributed by atoms with Crippen LogP contribution in [0.3, 0.4) is 0 Å². The third kappa shape index (κ3) is 4.65. The van der Waals surface area contributed by atoms with Crippen molar-refractivity contribution in [2.45, 2.75) is 64.4 Å². The number of allylic oxidation sites excluding steroid dienone is 2. The number of rotatable bonds is 7. The Hall–Kier alpha value is -3.54. The zero-order valence-electron chi connectivity index (χ0n) is 22.0. The molecule has 1 spiro atoms. The molecule has 0 bridgehead atoms. The Kier molecular flexibility index (Phi) is 7.49. The van der Waals surface area contributed by atoms with Crippen molar-refractivity contribution in [3.8, 4) is 0 Å². The first-order valence-corrected chi connectivity index (χ1v) is 13.0. The van der Waals surface area contributed by atoms with Gasteiger partial charge in [-0.15, -0.1) is 0 Å². The fourth-order valence-corrected chi connectivity index (χ4v) is 5.94. The van der Waals surface area contributed by atoms with Crippen LogP contribution >= 0.6 is 0 Å². The van der Waals surface area contributed by atoms with Crippen LogP contribution in [0.15, 0.2) is 66.7 Å². The molecule has 37 heavy (non-hydrogen) atoms. The summed E-state index contributed by atoms with van der Waals surface area (Å²) in [6, 6.07) is 16.1. The van der Waals surface area contributed by atoms with Gasteiger partial charge in [0.15, 0.2) is 5.78 Å². The molecule has 4 rings (SSSR count). The molecule has 0 unspecified atom stereocenters. The van der Waals surface area contributed by atoms with Gasteiger partial charge in [0.2, 0.25) is 5.91 Å². The second-order valence-corrected chi connectivity index (χ2v) is 10.9. The van der Waals surface area contributed by atoms with Crippen LogP contribution in [-0.4, -0.2) is 29.7 Å². The maximum Gasteiger partial charge on any atom is 0.421 e. The van der Waals surface area contributed by atoms with Gasteiger partial charge in [0, 0.05) is 23.8 Å². The Bertz CT molecular complexity index is 1210. The second-order valence-electron chi connectivity index (χ2n) is 10.9. The third-order valence-electron chi connectivity index (χ3n) is 7.40. The average molecular weight is 502 g/mol. The topological polar surface area (TPSA) is 80.8 Å². The number of imide groups is 1. The van der Waals surface area contributed by atoms with Crippen molar-refractivity contribution in [2.24, 2.45) is 17.8 Å². The summed E-state index contributed by atoms with van der Waals surface area (Å²) >= 11 is 0. The molecule has 2 aromatic carbocycles. The van der Waals surface area contributed by atoms with E-state index in [9.17, 15) is 19.2 Å². The number of Topliss-reactive ketones (excluding diaryl/α,β-unsaturated/α-hetero) is 1. The predicted molar refractivity (Wildman–Crippen MR) is 142 cm³/mol. The molecule has 194 valence electrons. The summed E-state index contributed by atoms with van der Waals surface area (Å²) in [6.07, 6.45) is 6.52. The van der Waals surface area contributed by atoms with Crippen LogP contribution < -0.4 is 4.90 Å². The number of fused-ring (bicyclic) bond motifs is 2. The molecule has 0 radical (unpaired) electrons. The summed E-state index contributed by atoms with van der Waals surface area (Å²) in [5.41, 5.74) is -0.714. The molecule has 1 aliphatic carbocycles. The van der Waals surface area contributed by atoms with Gasteiger partial charge in [-0.3, -0.25) is 9.59 Å². The Balaban J connectivity index is 1.98. The zero-order chi connectivity index (χ0) is 26.8. The van der Waals surface area contributed by atoms with Crippen molar-refractivity contribution in [3.05, 3.63) is 77.9 Å². The standard InChI is InChI=1S/C31H35NO5/c1-5-6-12-21-17-18-23(19-20-33)31(26(21)27(34)22-13-8-7-9-14-22)24-15-10-11-16-25(24)32(28(31)35)29(36)37-30(2,3)4/h7-11,13-18,20-21,23,26H,5-6,12,19H2,1-4H3/t21-,23-,26-,31-/m1/s1. The van der Waals surface area contributed by atoms with Gasteiger partial charge in [0.25, 0.3) is 0 Å². The van der Waals surface area contributed by atoms with E-state index >= 15 is 0 Å². The fourth-order valence-electron chi connectivity index (χ4n) is 5.94. The summed E-state index contributed by atoms with van der Waals surface area (Å²) in [5, 5.41) is 0. The first-order valence-electron chi connectivity index (χ1n) is 13.0. The summed E-state index contributed by atoms with van der Waals surface area (Å²) in [6.45, 7) is 7.32. The SMILES string of the molecule is CCCC[C@@H]1C=C[C@H](CC=O)[C@]2(C(=O)N(C(=O)OC(C)(C)C)c3ccccc32)[C@H]1C(=O)c1ccccc1. The van der Waals surface area contributed by atoms with Gasteiger partial charge in [-0.1, -0.05) is 80.4 Å². The number of anilines is 1. The summed E-state index contributed by atoms with van der Waals surface area (Å²) in [7, 11) is 0. The molecule has 4 atom stereocenters. The number of ether oxygens (including phenoxy) is 1. The quantitative estimate of drug-likeness (QED) is 0.253. The van der Waals surface area contributed by atoms with E-state index in [0.29, 0.717) is 23.2 Å². The number of carbonyl (C=O) groups is 4. The number of unbranched alkanes of at least 4 members (excludes halogenated alkanes) is 1. The average Bonchev–Trinajstić information content (AvgIpc) is 3.12. The third-order valence-corrected chi connectivity index (χ3v) is 7.40. The van der Waals surface area contributed by atoms with E-state index in [1.165, 1.54) is 0 Å². The van der Waals surface area contributed by atoms with E-state index in [0.717, 1.165) is 24.0 Å². The van der Waals surface area contributed by atoms with Crippen LogP contribution in [0, 0.1) is 17.8 Å². The highest BCUT2D eigenvalue weighted by molar-refractivity contribution is 6.23.